The minimum atomic E-state index is -0.319. The summed E-state index contributed by atoms with van der Waals surface area (Å²) in [6.45, 7) is 6.48. The van der Waals surface area contributed by atoms with Crippen molar-refractivity contribution in [3.63, 3.8) is 0 Å². The summed E-state index contributed by atoms with van der Waals surface area (Å²) in [6.07, 6.45) is 0. The monoisotopic (exact) mass is 185 g/mol. The molecule has 1 rings (SSSR count). The molecular weight excluding hydrogens is 166 g/mol. The van der Waals surface area contributed by atoms with E-state index in [4.69, 9.17) is 5.73 Å². The van der Waals surface area contributed by atoms with E-state index in [1.165, 1.54) is 0 Å². The molecule has 2 atom stereocenters. The van der Waals surface area contributed by atoms with Gasteiger partial charge < -0.3 is 5.73 Å². The van der Waals surface area contributed by atoms with Crippen molar-refractivity contribution in [2.45, 2.75) is 32.9 Å². The average molecular weight is 185 g/mol. The van der Waals surface area contributed by atoms with Gasteiger partial charge in [0.05, 0.1) is 6.04 Å². The predicted molar refractivity (Wildman–Crippen MR) is 52.0 cm³/mol. The van der Waals surface area contributed by atoms with Gasteiger partial charge in [-0.3, -0.25) is 4.79 Å². The molecule has 13 heavy (non-hydrogen) atoms. The van der Waals surface area contributed by atoms with Gasteiger partial charge in [-0.25, -0.2) is 10.4 Å². The van der Waals surface area contributed by atoms with Gasteiger partial charge in [0, 0.05) is 25.0 Å². The Morgan fingerprint density at radius 3 is 2.38 bits per heavy atom. The van der Waals surface area contributed by atoms with Crippen LogP contribution in [-0.2, 0) is 4.79 Å². The van der Waals surface area contributed by atoms with Crippen LogP contribution in [0.2, 0.25) is 0 Å². The minimum absolute atomic E-state index is 0.0864. The van der Waals surface area contributed by atoms with E-state index in [0.717, 1.165) is 6.54 Å². The average Bonchev–Trinajstić information content (AvgIpc) is 2.26. The van der Waals surface area contributed by atoms with Crippen molar-refractivity contribution < 1.29 is 4.79 Å². The number of Topliss-reactive ketones (excluding diaryl/α,β-unsaturated/α-hetero) is 1. The van der Waals surface area contributed by atoms with Crippen molar-refractivity contribution in [3.8, 4) is 0 Å². The maximum Gasteiger partial charge on any atom is 0.158 e. The summed E-state index contributed by atoms with van der Waals surface area (Å²) >= 11 is 0. The normalized spacial score (nSPS) is 30.8. The van der Waals surface area contributed by atoms with E-state index in [9.17, 15) is 4.79 Å². The zero-order chi connectivity index (χ0) is 10.2. The molecule has 0 spiro atoms. The van der Waals surface area contributed by atoms with Crippen molar-refractivity contribution in [1.29, 1.82) is 0 Å². The van der Waals surface area contributed by atoms with Crippen LogP contribution in [0.1, 0.15) is 20.8 Å². The number of likely N-dealkylation sites (N-methyl/N-ethyl adjacent to an activating group) is 1. The Labute approximate surface area is 79.4 Å². The van der Waals surface area contributed by atoms with Crippen LogP contribution in [0.15, 0.2) is 0 Å². The zero-order valence-corrected chi connectivity index (χ0v) is 8.79. The summed E-state index contributed by atoms with van der Waals surface area (Å²) in [5.41, 5.74) is 8.59. The summed E-state index contributed by atoms with van der Waals surface area (Å²) < 4.78 is 0. The van der Waals surface area contributed by atoms with Gasteiger partial charge in [0.2, 0.25) is 0 Å². The van der Waals surface area contributed by atoms with Crippen LogP contribution < -0.4 is 11.2 Å². The van der Waals surface area contributed by atoms with E-state index in [1.54, 1.807) is 0 Å². The Morgan fingerprint density at radius 1 is 1.54 bits per heavy atom. The highest BCUT2D eigenvalue weighted by molar-refractivity contribution is 5.89. The summed E-state index contributed by atoms with van der Waals surface area (Å²) in [4.78, 5) is 11.9. The van der Waals surface area contributed by atoms with Crippen LogP contribution >= 0.6 is 0 Å². The maximum atomic E-state index is 11.9. The molecule has 0 aliphatic carbocycles. The van der Waals surface area contributed by atoms with Crippen LogP contribution in [0.3, 0.4) is 0 Å². The number of rotatable bonds is 1. The van der Waals surface area contributed by atoms with Gasteiger partial charge in [0.25, 0.3) is 0 Å². The number of nitrogens with two attached hydrogens (primary N) is 1. The van der Waals surface area contributed by atoms with Crippen molar-refractivity contribution in [2.24, 2.45) is 11.1 Å². The maximum absolute atomic E-state index is 11.9. The summed E-state index contributed by atoms with van der Waals surface area (Å²) in [5.74, 6) is 0.185. The molecule has 0 saturated carbocycles. The number of ketones is 1. The molecule has 1 heterocycles. The molecule has 0 aromatic carbocycles. The Morgan fingerprint density at radius 2 is 2.08 bits per heavy atom. The lowest BCUT2D eigenvalue weighted by molar-refractivity contribution is -0.128. The number of nitrogens with zero attached hydrogens (tertiary/aromatic N) is 1. The number of carbonyl (C=O) groups is 1. The Hall–Kier alpha value is -0.450. The van der Waals surface area contributed by atoms with E-state index in [-0.39, 0.29) is 23.3 Å². The number of carbonyl (C=O) groups excluding carboxylic acids is 1. The van der Waals surface area contributed by atoms with Crippen LogP contribution in [0, 0.1) is 5.41 Å². The molecule has 3 N–H and O–H groups in total. The minimum Gasteiger partial charge on any atom is -0.325 e. The summed E-state index contributed by atoms with van der Waals surface area (Å²) in [5, 5.41) is 1.87. The molecular formula is C9H19N3O. The fourth-order valence-corrected chi connectivity index (χ4v) is 1.53. The van der Waals surface area contributed by atoms with E-state index >= 15 is 0 Å². The van der Waals surface area contributed by atoms with Gasteiger partial charge in [-0.2, -0.15) is 0 Å². The largest absolute Gasteiger partial charge is 0.325 e. The second-order valence-electron chi connectivity index (χ2n) is 4.77. The molecule has 0 radical (unpaired) electrons. The molecule has 1 saturated heterocycles. The topological polar surface area (TPSA) is 58.4 Å². The number of nitrogens with one attached hydrogen (secondary N) is 1. The Balaban J connectivity index is 2.68. The Kier molecular flexibility index (Phi) is 2.75. The lowest BCUT2D eigenvalue weighted by Crippen LogP contribution is -2.49. The third-order valence-corrected chi connectivity index (χ3v) is 2.29. The molecule has 4 heteroatoms. The van der Waals surface area contributed by atoms with E-state index in [2.05, 4.69) is 5.43 Å². The number of hydrogen-bond acceptors (Lipinski definition) is 4. The van der Waals surface area contributed by atoms with E-state index < -0.39 is 0 Å². The van der Waals surface area contributed by atoms with E-state index in [1.807, 2.05) is 32.8 Å². The van der Waals surface area contributed by atoms with Gasteiger partial charge in [-0.05, 0) is 0 Å². The van der Waals surface area contributed by atoms with Gasteiger partial charge >= 0.3 is 0 Å². The first kappa shape index (κ1) is 10.6. The molecule has 0 bridgehead atoms. The molecule has 0 aromatic heterocycles. The SMILES string of the molecule is CN1CC(N)C(C(=O)C(C)(C)C)N1. The quantitative estimate of drug-likeness (QED) is 0.591. The predicted octanol–water partition coefficient (Wildman–Crippen LogP) is -0.252. The molecule has 1 fully saturated rings. The highest BCUT2D eigenvalue weighted by atomic mass is 16.1. The van der Waals surface area contributed by atoms with Crippen molar-refractivity contribution >= 4 is 5.78 Å². The second kappa shape index (κ2) is 3.36. The molecule has 1 aliphatic heterocycles. The lowest BCUT2D eigenvalue weighted by atomic mass is 9.85. The molecule has 4 nitrogen and oxygen atoms in total. The number of hydrogen-bond donors (Lipinski definition) is 2. The smallest absolute Gasteiger partial charge is 0.158 e. The fraction of sp³-hybridized carbons (Fsp3) is 0.889. The van der Waals surface area contributed by atoms with Gasteiger partial charge in [-0.15, -0.1) is 0 Å². The zero-order valence-electron chi connectivity index (χ0n) is 8.79. The molecule has 0 amide bonds. The first-order chi connectivity index (χ1) is 5.82. The summed E-state index contributed by atoms with van der Waals surface area (Å²) in [7, 11) is 1.90. The van der Waals surface area contributed by atoms with Crippen molar-refractivity contribution in [3.05, 3.63) is 0 Å². The highest BCUT2D eigenvalue weighted by Gasteiger charge is 2.38. The first-order valence-corrected chi connectivity index (χ1v) is 4.59. The van der Waals surface area contributed by atoms with Gasteiger partial charge in [0.1, 0.15) is 0 Å². The van der Waals surface area contributed by atoms with Crippen LogP contribution in [0.25, 0.3) is 0 Å². The fourth-order valence-electron chi connectivity index (χ4n) is 1.53. The van der Waals surface area contributed by atoms with Crippen molar-refractivity contribution in [1.82, 2.24) is 10.4 Å². The van der Waals surface area contributed by atoms with Crippen LogP contribution in [0.5, 0.6) is 0 Å². The second-order valence-corrected chi connectivity index (χ2v) is 4.77. The third-order valence-electron chi connectivity index (χ3n) is 2.29. The van der Waals surface area contributed by atoms with Gasteiger partial charge in [-0.1, -0.05) is 20.8 Å². The van der Waals surface area contributed by atoms with Crippen LogP contribution in [-0.4, -0.2) is 36.5 Å². The Bertz CT molecular complexity index is 209. The molecule has 76 valence electrons. The third kappa shape index (κ3) is 2.27. The lowest BCUT2D eigenvalue weighted by Gasteiger charge is -2.23. The van der Waals surface area contributed by atoms with Crippen molar-refractivity contribution in [2.75, 3.05) is 13.6 Å². The van der Waals surface area contributed by atoms with Gasteiger partial charge in [0.15, 0.2) is 5.78 Å². The highest BCUT2D eigenvalue weighted by Crippen LogP contribution is 2.20. The van der Waals surface area contributed by atoms with E-state index in [0.29, 0.717) is 0 Å². The molecule has 1 aliphatic rings. The summed E-state index contributed by atoms with van der Waals surface area (Å²) in [6, 6.07) is -0.304. The molecule has 2 unspecified atom stereocenters. The molecule has 0 aromatic rings. The standard InChI is InChI=1S/C9H19N3O/c1-9(2,3)8(13)7-6(10)5-12(4)11-7/h6-7,11H,5,10H2,1-4H3. The number of hydrazine groups is 1. The first-order valence-electron chi connectivity index (χ1n) is 4.59. The van der Waals surface area contributed by atoms with Crippen LogP contribution in [0.4, 0.5) is 0 Å².